The topological polar surface area (TPSA) is 97.0 Å². The van der Waals surface area contributed by atoms with E-state index in [1.165, 1.54) is 12.1 Å². The Hall–Kier alpha value is -3.10. The molecule has 174 valence electrons. The largest absolute Gasteiger partial charge is 0.497 e. The number of hydrogen-bond donors (Lipinski definition) is 1. The highest BCUT2D eigenvalue weighted by atomic mass is 32.2. The number of ether oxygens (including phenoxy) is 1. The lowest BCUT2D eigenvalue weighted by Gasteiger charge is -2.30. The molecule has 7 nitrogen and oxygen atoms in total. The molecule has 1 saturated carbocycles. The molecule has 0 amide bonds. The van der Waals surface area contributed by atoms with Crippen LogP contribution in [0.25, 0.3) is 22.3 Å². The lowest BCUT2D eigenvalue weighted by Crippen LogP contribution is -2.42. The highest BCUT2D eigenvalue weighted by molar-refractivity contribution is 7.89. The molecule has 2 aromatic heterocycles. The minimum Gasteiger partial charge on any atom is -0.497 e. The van der Waals surface area contributed by atoms with Crippen molar-refractivity contribution in [3.05, 3.63) is 42.1 Å². The van der Waals surface area contributed by atoms with Crippen LogP contribution in [0.2, 0.25) is 0 Å². The van der Waals surface area contributed by atoms with Crippen LogP contribution in [-0.4, -0.2) is 37.3 Å². The van der Waals surface area contributed by atoms with Crippen LogP contribution in [0.15, 0.2) is 41.4 Å². The Kier molecular flexibility index (Phi) is 5.84. The van der Waals surface area contributed by atoms with E-state index in [1.54, 1.807) is 24.0 Å². The molecule has 3 aromatic rings. The Balaban J connectivity index is 1.80. The van der Waals surface area contributed by atoms with Gasteiger partial charge in [-0.25, -0.2) is 8.42 Å². The normalized spacial score (nSPS) is 15.8. The molecule has 2 heterocycles. The second-order valence-electron chi connectivity index (χ2n) is 7.94. The summed E-state index contributed by atoms with van der Waals surface area (Å²) in [5.41, 5.74) is 2.11. The van der Waals surface area contributed by atoms with Crippen LogP contribution in [0.4, 0.5) is 13.2 Å². The van der Waals surface area contributed by atoms with E-state index < -0.39 is 27.1 Å². The number of nitrogens with one attached hydrogen (secondary N) is 1. The SMILES string of the molecule is COc1ccc2c(C#N)c(-c3ccc(S(=O)(=O)N[C@@H](C)C(F)(F)F)cn3)n(C3CCC3)c2c1. The second kappa shape index (κ2) is 8.35. The van der Waals surface area contributed by atoms with Crippen molar-refractivity contribution in [2.75, 3.05) is 7.11 Å². The molecule has 1 aromatic carbocycles. The maximum atomic E-state index is 12.8. The molecule has 0 bridgehead atoms. The van der Waals surface area contributed by atoms with Gasteiger partial charge in [-0.3, -0.25) is 4.98 Å². The number of aromatic nitrogens is 2. The molecule has 1 fully saturated rings. The van der Waals surface area contributed by atoms with E-state index in [4.69, 9.17) is 4.74 Å². The van der Waals surface area contributed by atoms with E-state index in [9.17, 15) is 26.9 Å². The molecule has 0 radical (unpaired) electrons. The van der Waals surface area contributed by atoms with Gasteiger partial charge in [0.05, 0.1) is 29.6 Å². The molecule has 0 saturated heterocycles. The maximum absolute atomic E-state index is 12.8. The predicted molar refractivity (Wildman–Crippen MR) is 115 cm³/mol. The van der Waals surface area contributed by atoms with E-state index in [0.29, 0.717) is 22.7 Å². The number of methoxy groups -OCH3 is 1. The molecule has 33 heavy (non-hydrogen) atoms. The van der Waals surface area contributed by atoms with Crippen molar-refractivity contribution in [2.24, 2.45) is 0 Å². The summed E-state index contributed by atoms with van der Waals surface area (Å²) in [6.07, 6.45) is -0.823. The summed E-state index contributed by atoms with van der Waals surface area (Å²) >= 11 is 0. The maximum Gasteiger partial charge on any atom is 0.404 e. The number of halogens is 3. The summed E-state index contributed by atoms with van der Waals surface area (Å²) in [6, 6.07) is 8.14. The summed E-state index contributed by atoms with van der Waals surface area (Å²) < 4.78 is 72.1. The Morgan fingerprint density at radius 2 is 2.00 bits per heavy atom. The van der Waals surface area contributed by atoms with Crippen molar-refractivity contribution in [3.8, 4) is 23.2 Å². The fourth-order valence-corrected chi connectivity index (χ4v) is 5.03. The van der Waals surface area contributed by atoms with Crippen molar-refractivity contribution >= 4 is 20.9 Å². The van der Waals surface area contributed by atoms with Crippen LogP contribution >= 0.6 is 0 Å². The van der Waals surface area contributed by atoms with E-state index in [2.05, 4.69) is 11.1 Å². The number of fused-ring (bicyclic) bond motifs is 1. The zero-order chi connectivity index (χ0) is 24.0. The van der Waals surface area contributed by atoms with Crippen LogP contribution in [0.3, 0.4) is 0 Å². The lowest BCUT2D eigenvalue weighted by molar-refractivity contribution is -0.147. The van der Waals surface area contributed by atoms with Gasteiger partial charge >= 0.3 is 6.18 Å². The van der Waals surface area contributed by atoms with Crippen molar-refractivity contribution in [1.82, 2.24) is 14.3 Å². The van der Waals surface area contributed by atoms with Crippen molar-refractivity contribution in [1.29, 1.82) is 5.26 Å². The Bertz CT molecular complexity index is 1340. The van der Waals surface area contributed by atoms with Crippen molar-refractivity contribution in [3.63, 3.8) is 0 Å². The van der Waals surface area contributed by atoms with Gasteiger partial charge in [-0.1, -0.05) is 0 Å². The zero-order valence-corrected chi connectivity index (χ0v) is 18.7. The summed E-state index contributed by atoms with van der Waals surface area (Å²) in [7, 11) is -2.88. The molecule has 1 aliphatic rings. The summed E-state index contributed by atoms with van der Waals surface area (Å²) in [5.74, 6) is 0.635. The Labute approximate surface area is 188 Å². The van der Waals surface area contributed by atoms with Crippen LogP contribution in [0.1, 0.15) is 37.8 Å². The first-order valence-corrected chi connectivity index (χ1v) is 11.7. The highest BCUT2D eigenvalue weighted by Crippen LogP contribution is 2.42. The minimum atomic E-state index is -4.72. The second-order valence-corrected chi connectivity index (χ2v) is 9.65. The average molecular weight is 478 g/mol. The van der Waals surface area contributed by atoms with Crippen LogP contribution < -0.4 is 9.46 Å². The van der Waals surface area contributed by atoms with Gasteiger partial charge in [-0.15, -0.1) is 0 Å². The van der Waals surface area contributed by atoms with E-state index in [0.717, 1.165) is 43.3 Å². The smallest absolute Gasteiger partial charge is 0.404 e. The number of pyridine rings is 1. The predicted octanol–water partition coefficient (Wildman–Crippen LogP) is 4.54. The monoisotopic (exact) mass is 478 g/mol. The summed E-state index contributed by atoms with van der Waals surface area (Å²) in [5, 5.41) is 10.6. The Morgan fingerprint density at radius 3 is 2.52 bits per heavy atom. The fourth-order valence-electron chi connectivity index (χ4n) is 3.85. The molecule has 1 atom stereocenters. The van der Waals surface area contributed by atoms with Gasteiger partial charge in [0.1, 0.15) is 22.8 Å². The highest BCUT2D eigenvalue weighted by Gasteiger charge is 2.39. The zero-order valence-electron chi connectivity index (χ0n) is 17.8. The molecular formula is C22H21F3N4O3S. The van der Waals surface area contributed by atoms with Crippen LogP contribution in [0, 0.1) is 11.3 Å². The first-order chi connectivity index (χ1) is 15.6. The minimum absolute atomic E-state index is 0.149. The third-order valence-electron chi connectivity index (χ3n) is 5.88. The van der Waals surface area contributed by atoms with E-state index in [-0.39, 0.29) is 6.04 Å². The Morgan fingerprint density at radius 1 is 1.27 bits per heavy atom. The number of alkyl halides is 3. The van der Waals surface area contributed by atoms with Gasteiger partial charge in [-0.2, -0.15) is 23.2 Å². The first kappa shape index (κ1) is 23.1. The quantitative estimate of drug-likeness (QED) is 0.561. The number of nitrogens with zero attached hydrogens (tertiary/aromatic N) is 3. The average Bonchev–Trinajstić information content (AvgIpc) is 3.04. The van der Waals surface area contributed by atoms with E-state index in [1.807, 2.05) is 10.6 Å². The van der Waals surface area contributed by atoms with Gasteiger partial charge in [-0.05, 0) is 50.5 Å². The molecule has 0 spiro atoms. The third-order valence-corrected chi connectivity index (χ3v) is 7.40. The van der Waals surface area contributed by atoms with Gasteiger partial charge in [0.2, 0.25) is 10.0 Å². The summed E-state index contributed by atoms with van der Waals surface area (Å²) in [6.45, 7) is 0.726. The molecule has 0 unspecified atom stereocenters. The first-order valence-electron chi connectivity index (χ1n) is 10.2. The van der Waals surface area contributed by atoms with Crippen molar-refractivity contribution in [2.45, 2.75) is 49.3 Å². The van der Waals surface area contributed by atoms with Crippen LogP contribution in [-0.2, 0) is 10.0 Å². The number of nitriles is 1. The van der Waals surface area contributed by atoms with Gasteiger partial charge < -0.3 is 9.30 Å². The van der Waals surface area contributed by atoms with Gasteiger partial charge in [0, 0.05) is 23.7 Å². The van der Waals surface area contributed by atoms with Crippen molar-refractivity contribution < 1.29 is 26.3 Å². The van der Waals surface area contributed by atoms with Gasteiger partial charge in [0.25, 0.3) is 0 Å². The van der Waals surface area contributed by atoms with Crippen LogP contribution in [0.5, 0.6) is 5.75 Å². The summed E-state index contributed by atoms with van der Waals surface area (Å²) in [4.78, 5) is 3.83. The lowest BCUT2D eigenvalue weighted by atomic mass is 9.92. The third kappa shape index (κ3) is 4.16. The molecule has 11 heteroatoms. The fraction of sp³-hybridized carbons (Fsp3) is 0.364. The number of sulfonamides is 1. The molecule has 4 rings (SSSR count). The molecule has 1 aliphatic carbocycles. The standard InChI is InChI=1S/C22H21F3N4O3S/c1-13(22(23,24)25)28-33(30,31)16-7-9-19(27-12-16)21-18(11-26)17-8-6-15(32-2)10-20(17)29(21)14-4-3-5-14/h6-10,12-14,28H,3-5H2,1-2H3/t13-/m0/s1. The van der Waals surface area contributed by atoms with E-state index >= 15 is 0 Å². The molecule has 0 aliphatic heterocycles. The number of benzene rings is 1. The molecular weight excluding hydrogens is 457 g/mol. The molecule has 1 N–H and O–H groups in total. The number of rotatable bonds is 6. The number of hydrogen-bond acceptors (Lipinski definition) is 5. The van der Waals surface area contributed by atoms with Gasteiger partial charge in [0.15, 0.2) is 0 Å².